The van der Waals surface area contributed by atoms with E-state index in [1.54, 1.807) is 6.20 Å². The SMILES string of the molecule is Cc1ccc(CNc2cc([N+](=O)[O-])cc(NN)n2)cn1. The Balaban J connectivity index is 2.14. The number of pyridine rings is 2. The Kier molecular flexibility index (Phi) is 4.06. The monoisotopic (exact) mass is 274 g/mol. The molecule has 0 spiro atoms. The number of aryl methyl sites for hydroxylation is 1. The van der Waals surface area contributed by atoms with E-state index in [-0.39, 0.29) is 11.5 Å². The van der Waals surface area contributed by atoms with Gasteiger partial charge in [-0.25, -0.2) is 10.8 Å². The lowest BCUT2D eigenvalue weighted by Gasteiger charge is -2.07. The van der Waals surface area contributed by atoms with Crippen LogP contribution in [0, 0.1) is 17.0 Å². The van der Waals surface area contributed by atoms with E-state index in [1.165, 1.54) is 12.1 Å². The van der Waals surface area contributed by atoms with E-state index >= 15 is 0 Å². The Morgan fingerprint density at radius 3 is 2.70 bits per heavy atom. The van der Waals surface area contributed by atoms with E-state index in [1.807, 2.05) is 19.1 Å². The number of nitrogens with two attached hydrogens (primary N) is 1. The molecule has 0 atom stereocenters. The van der Waals surface area contributed by atoms with Gasteiger partial charge in [0, 0.05) is 18.4 Å². The molecule has 0 saturated carbocycles. The molecular weight excluding hydrogens is 260 g/mol. The molecule has 0 fully saturated rings. The minimum atomic E-state index is -0.499. The van der Waals surface area contributed by atoms with Gasteiger partial charge >= 0.3 is 0 Å². The van der Waals surface area contributed by atoms with Crippen molar-refractivity contribution in [2.45, 2.75) is 13.5 Å². The Morgan fingerprint density at radius 1 is 1.35 bits per heavy atom. The number of nitrogens with zero attached hydrogens (tertiary/aromatic N) is 3. The maximum atomic E-state index is 10.8. The van der Waals surface area contributed by atoms with Gasteiger partial charge in [0.05, 0.1) is 17.1 Å². The number of hydrazine groups is 1. The molecule has 0 aliphatic rings. The first kappa shape index (κ1) is 13.7. The summed E-state index contributed by atoms with van der Waals surface area (Å²) < 4.78 is 0. The number of hydrogen-bond acceptors (Lipinski definition) is 7. The smallest absolute Gasteiger partial charge is 0.276 e. The molecule has 20 heavy (non-hydrogen) atoms. The minimum absolute atomic E-state index is 0.0857. The Labute approximate surface area is 115 Å². The van der Waals surface area contributed by atoms with Crippen LogP contribution in [0.2, 0.25) is 0 Å². The Bertz CT molecular complexity index is 614. The van der Waals surface area contributed by atoms with Crippen LogP contribution in [0.25, 0.3) is 0 Å². The lowest BCUT2D eigenvalue weighted by atomic mass is 10.2. The summed E-state index contributed by atoms with van der Waals surface area (Å²) >= 11 is 0. The van der Waals surface area contributed by atoms with Gasteiger partial charge in [-0.05, 0) is 18.6 Å². The molecule has 0 unspecified atom stereocenters. The molecule has 8 nitrogen and oxygen atoms in total. The lowest BCUT2D eigenvalue weighted by Crippen LogP contribution is -2.11. The zero-order valence-electron chi connectivity index (χ0n) is 10.8. The van der Waals surface area contributed by atoms with Gasteiger partial charge in [-0.1, -0.05) is 6.07 Å². The van der Waals surface area contributed by atoms with E-state index in [0.717, 1.165) is 11.3 Å². The van der Waals surface area contributed by atoms with Crippen LogP contribution in [0.1, 0.15) is 11.3 Å². The van der Waals surface area contributed by atoms with Gasteiger partial charge in [-0.2, -0.15) is 0 Å². The Morgan fingerprint density at radius 2 is 2.10 bits per heavy atom. The van der Waals surface area contributed by atoms with Crippen molar-refractivity contribution in [1.29, 1.82) is 0 Å². The van der Waals surface area contributed by atoms with Crippen molar-refractivity contribution in [2.75, 3.05) is 10.7 Å². The van der Waals surface area contributed by atoms with Gasteiger partial charge in [0.1, 0.15) is 11.6 Å². The van der Waals surface area contributed by atoms with Crippen LogP contribution in [0.5, 0.6) is 0 Å². The Hall–Kier alpha value is -2.74. The lowest BCUT2D eigenvalue weighted by molar-refractivity contribution is -0.384. The van der Waals surface area contributed by atoms with Crippen molar-refractivity contribution in [3.05, 3.63) is 51.8 Å². The van der Waals surface area contributed by atoms with Crippen molar-refractivity contribution in [3.8, 4) is 0 Å². The number of hydrogen-bond donors (Lipinski definition) is 3. The zero-order chi connectivity index (χ0) is 14.5. The molecule has 2 rings (SSSR count). The molecule has 0 aliphatic heterocycles. The van der Waals surface area contributed by atoms with E-state index < -0.39 is 4.92 Å². The summed E-state index contributed by atoms with van der Waals surface area (Å²) in [5, 5.41) is 13.8. The molecule has 8 heteroatoms. The van der Waals surface area contributed by atoms with Crippen molar-refractivity contribution in [2.24, 2.45) is 5.84 Å². The number of nitrogen functional groups attached to an aromatic ring is 1. The fraction of sp³-hybridized carbons (Fsp3) is 0.167. The maximum absolute atomic E-state index is 10.8. The van der Waals surface area contributed by atoms with Crippen LogP contribution in [-0.2, 0) is 6.54 Å². The second-order valence-corrected chi connectivity index (χ2v) is 4.16. The molecule has 4 N–H and O–H groups in total. The molecule has 0 aromatic carbocycles. The predicted octanol–water partition coefficient (Wildman–Crippen LogP) is 1.59. The normalized spacial score (nSPS) is 10.1. The highest BCUT2D eigenvalue weighted by Gasteiger charge is 2.10. The first-order valence-corrected chi connectivity index (χ1v) is 5.87. The van der Waals surface area contributed by atoms with Gasteiger partial charge in [0.2, 0.25) is 0 Å². The number of anilines is 2. The molecule has 0 bridgehead atoms. The average molecular weight is 274 g/mol. The summed E-state index contributed by atoms with van der Waals surface area (Å²) in [6, 6.07) is 6.43. The average Bonchev–Trinajstić information content (AvgIpc) is 2.46. The zero-order valence-corrected chi connectivity index (χ0v) is 10.8. The summed E-state index contributed by atoms with van der Waals surface area (Å²) in [6.45, 7) is 2.37. The highest BCUT2D eigenvalue weighted by Crippen LogP contribution is 2.20. The summed E-state index contributed by atoms with van der Waals surface area (Å²) in [5.41, 5.74) is 4.09. The molecule has 104 valence electrons. The highest BCUT2D eigenvalue weighted by atomic mass is 16.6. The minimum Gasteiger partial charge on any atom is -0.366 e. The molecule has 0 radical (unpaired) electrons. The van der Waals surface area contributed by atoms with Crippen LogP contribution in [0.4, 0.5) is 17.3 Å². The number of nitro groups is 1. The molecular formula is C12H14N6O2. The van der Waals surface area contributed by atoms with Crippen LogP contribution in [0.3, 0.4) is 0 Å². The molecule has 0 aliphatic carbocycles. The van der Waals surface area contributed by atoms with E-state index in [0.29, 0.717) is 12.4 Å². The van der Waals surface area contributed by atoms with Gasteiger partial charge in [-0.15, -0.1) is 0 Å². The second-order valence-electron chi connectivity index (χ2n) is 4.16. The first-order chi connectivity index (χ1) is 9.58. The first-order valence-electron chi connectivity index (χ1n) is 5.87. The maximum Gasteiger partial charge on any atom is 0.276 e. The molecule has 0 saturated heterocycles. The fourth-order valence-corrected chi connectivity index (χ4v) is 1.58. The summed E-state index contributed by atoms with van der Waals surface area (Å²) in [5.74, 6) is 5.83. The van der Waals surface area contributed by atoms with Crippen LogP contribution in [0.15, 0.2) is 30.5 Å². The van der Waals surface area contributed by atoms with Gasteiger partial charge in [-0.3, -0.25) is 15.1 Å². The quantitative estimate of drug-likeness (QED) is 0.430. The number of nitrogens with one attached hydrogen (secondary N) is 2. The highest BCUT2D eigenvalue weighted by molar-refractivity contribution is 5.54. The topological polar surface area (TPSA) is 119 Å². The largest absolute Gasteiger partial charge is 0.366 e. The molecule has 2 heterocycles. The third kappa shape index (κ3) is 3.39. The second kappa shape index (κ2) is 5.93. The van der Waals surface area contributed by atoms with Crippen molar-refractivity contribution >= 4 is 17.3 Å². The molecule has 2 aromatic rings. The van der Waals surface area contributed by atoms with Crippen LogP contribution >= 0.6 is 0 Å². The van der Waals surface area contributed by atoms with Crippen molar-refractivity contribution in [3.63, 3.8) is 0 Å². The standard InChI is InChI=1S/C12H14N6O2/c1-8-2-3-9(6-14-8)7-15-11-4-10(18(19)20)5-12(16-11)17-13/h2-6H,7,13H2,1H3,(H2,15,16,17). The summed E-state index contributed by atoms with van der Waals surface area (Å²) in [4.78, 5) is 18.6. The van der Waals surface area contributed by atoms with Gasteiger partial charge in [0.25, 0.3) is 5.69 Å². The summed E-state index contributed by atoms with van der Waals surface area (Å²) in [7, 11) is 0. The van der Waals surface area contributed by atoms with Crippen LogP contribution in [-0.4, -0.2) is 14.9 Å². The van der Waals surface area contributed by atoms with Gasteiger partial charge < -0.3 is 10.7 Å². The van der Waals surface area contributed by atoms with E-state index in [9.17, 15) is 10.1 Å². The number of aromatic nitrogens is 2. The molecule has 0 amide bonds. The van der Waals surface area contributed by atoms with Crippen LogP contribution < -0.4 is 16.6 Å². The molecule has 2 aromatic heterocycles. The summed E-state index contributed by atoms with van der Waals surface area (Å²) in [6.07, 6.45) is 1.74. The van der Waals surface area contributed by atoms with Crippen molar-refractivity contribution in [1.82, 2.24) is 9.97 Å². The third-order valence-corrected chi connectivity index (χ3v) is 2.62. The predicted molar refractivity (Wildman–Crippen MR) is 75.0 cm³/mol. The van der Waals surface area contributed by atoms with E-state index in [2.05, 4.69) is 20.7 Å². The van der Waals surface area contributed by atoms with Crippen molar-refractivity contribution < 1.29 is 4.92 Å². The van der Waals surface area contributed by atoms with Gasteiger partial charge in [0.15, 0.2) is 0 Å². The third-order valence-electron chi connectivity index (χ3n) is 2.62. The number of rotatable bonds is 5. The van der Waals surface area contributed by atoms with E-state index in [4.69, 9.17) is 5.84 Å². The fourth-order valence-electron chi connectivity index (χ4n) is 1.58.